The van der Waals surface area contributed by atoms with Crippen molar-refractivity contribution in [1.29, 1.82) is 0 Å². The zero-order valence-electron chi connectivity index (χ0n) is 10.0. The van der Waals surface area contributed by atoms with Crippen molar-refractivity contribution < 1.29 is 14.9 Å². The van der Waals surface area contributed by atoms with Gasteiger partial charge in [-0.1, -0.05) is 12.1 Å². The topological polar surface area (TPSA) is 61.7 Å². The molecule has 1 aromatic carbocycles. The molecular formula is C13H19NO3. The molecule has 2 unspecified atom stereocenters. The standard InChI is InChI=1S/C13H19NO3/c1-14-12-6-5-11-10(12)3-2-4-13(11)17-8-9(16)7-15/h2-4,9,12,14-16H,5-8H2,1H3. The van der Waals surface area contributed by atoms with Crippen LogP contribution in [-0.2, 0) is 6.42 Å². The lowest BCUT2D eigenvalue weighted by Gasteiger charge is -2.14. The molecule has 17 heavy (non-hydrogen) atoms. The Hall–Kier alpha value is -1.10. The number of fused-ring (bicyclic) bond motifs is 1. The first-order chi connectivity index (χ1) is 8.26. The largest absolute Gasteiger partial charge is 0.491 e. The molecule has 1 aromatic rings. The zero-order chi connectivity index (χ0) is 12.3. The molecule has 0 saturated carbocycles. The average molecular weight is 237 g/mol. The molecule has 0 aromatic heterocycles. The average Bonchev–Trinajstić information content (AvgIpc) is 2.79. The van der Waals surface area contributed by atoms with Crippen LogP contribution in [0.4, 0.5) is 0 Å². The minimum absolute atomic E-state index is 0.136. The Morgan fingerprint density at radius 1 is 1.53 bits per heavy atom. The van der Waals surface area contributed by atoms with E-state index in [-0.39, 0.29) is 13.2 Å². The molecule has 2 atom stereocenters. The van der Waals surface area contributed by atoms with E-state index in [4.69, 9.17) is 9.84 Å². The van der Waals surface area contributed by atoms with E-state index < -0.39 is 6.10 Å². The van der Waals surface area contributed by atoms with Crippen LogP contribution in [0.15, 0.2) is 18.2 Å². The van der Waals surface area contributed by atoms with Gasteiger partial charge in [-0.3, -0.25) is 0 Å². The number of aliphatic hydroxyl groups is 2. The third kappa shape index (κ3) is 2.60. The highest BCUT2D eigenvalue weighted by Crippen LogP contribution is 2.36. The van der Waals surface area contributed by atoms with E-state index in [0.717, 1.165) is 18.6 Å². The number of benzene rings is 1. The molecule has 4 heteroatoms. The van der Waals surface area contributed by atoms with Gasteiger partial charge in [0.15, 0.2) is 0 Å². The second kappa shape index (κ2) is 5.49. The summed E-state index contributed by atoms with van der Waals surface area (Å²) >= 11 is 0. The van der Waals surface area contributed by atoms with Gasteiger partial charge in [-0.05, 0) is 37.1 Å². The maximum atomic E-state index is 9.28. The molecule has 1 aliphatic carbocycles. The number of ether oxygens (including phenoxy) is 1. The van der Waals surface area contributed by atoms with Crippen molar-refractivity contribution in [2.45, 2.75) is 25.0 Å². The Morgan fingerprint density at radius 3 is 3.06 bits per heavy atom. The Kier molecular flexibility index (Phi) is 3.99. The summed E-state index contributed by atoms with van der Waals surface area (Å²) in [6.07, 6.45) is 1.26. The molecule has 3 N–H and O–H groups in total. The Balaban J connectivity index is 2.11. The minimum atomic E-state index is -0.813. The second-order valence-electron chi connectivity index (χ2n) is 4.35. The minimum Gasteiger partial charge on any atom is -0.491 e. The van der Waals surface area contributed by atoms with Gasteiger partial charge < -0.3 is 20.3 Å². The molecule has 1 aliphatic rings. The number of aliphatic hydroxyl groups excluding tert-OH is 2. The van der Waals surface area contributed by atoms with Gasteiger partial charge in [0, 0.05) is 6.04 Å². The van der Waals surface area contributed by atoms with Gasteiger partial charge in [0.2, 0.25) is 0 Å². The van der Waals surface area contributed by atoms with Gasteiger partial charge in [-0.15, -0.1) is 0 Å². The third-order valence-electron chi connectivity index (χ3n) is 3.22. The van der Waals surface area contributed by atoms with Crippen molar-refractivity contribution in [2.24, 2.45) is 0 Å². The molecular weight excluding hydrogens is 218 g/mol. The summed E-state index contributed by atoms with van der Waals surface area (Å²) in [5.74, 6) is 0.827. The molecule has 94 valence electrons. The van der Waals surface area contributed by atoms with Crippen molar-refractivity contribution in [3.63, 3.8) is 0 Å². The van der Waals surface area contributed by atoms with Gasteiger partial charge in [0.1, 0.15) is 18.5 Å². The van der Waals surface area contributed by atoms with Gasteiger partial charge in [0.25, 0.3) is 0 Å². The van der Waals surface area contributed by atoms with Crippen LogP contribution < -0.4 is 10.1 Å². The molecule has 0 bridgehead atoms. The van der Waals surface area contributed by atoms with Crippen LogP contribution >= 0.6 is 0 Å². The molecule has 0 heterocycles. The van der Waals surface area contributed by atoms with Crippen LogP contribution in [-0.4, -0.2) is 36.6 Å². The normalized spacial score (nSPS) is 20.1. The lowest BCUT2D eigenvalue weighted by Crippen LogP contribution is -2.21. The Bertz CT molecular complexity index is 381. The zero-order valence-corrected chi connectivity index (χ0v) is 10.0. The van der Waals surface area contributed by atoms with Crippen LogP contribution in [0.5, 0.6) is 5.75 Å². The lowest BCUT2D eigenvalue weighted by molar-refractivity contribution is 0.0533. The molecule has 0 saturated heterocycles. The first-order valence-electron chi connectivity index (χ1n) is 5.97. The van der Waals surface area contributed by atoms with Crippen LogP contribution in [0.2, 0.25) is 0 Å². The molecule has 2 rings (SSSR count). The monoisotopic (exact) mass is 237 g/mol. The lowest BCUT2D eigenvalue weighted by atomic mass is 10.1. The molecule has 0 radical (unpaired) electrons. The summed E-state index contributed by atoms with van der Waals surface area (Å²) in [4.78, 5) is 0. The van der Waals surface area contributed by atoms with Crippen LogP contribution in [0.1, 0.15) is 23.6 Å². The number of rotatable bonds is 5. The van der Waals surface area contributed by atoms with E-state index in [1.165, 1.54) is 11.1 Å². The van der Waals surface area contributed by atoms with Crippen molar-refractivity contribution in [2.75, 3.05) is 20.3 Å². The van der Waals surface area contributed by atoms with Gasteiger partial charge in [-0.25, -0.2) is 0 Å². The molecule has 0 fully saturated rings. The summed E-state index contributed by atoms with van der Waals surface area (Å²) in [5.41, 5.74) is 2.50. The smallest absolute Gasteiger partial charge is 0.122 e. The fraction of sp³-hybridized carbons (Fsp3) is 0.538. The van der Waals surface area contributed by atoms with E-state index in [1.54, 1.807) is 0 Å². The van der Waals surface area contributed by atoms with Crippen LogP contribution in [0, 0.1) is 0 Å². The molecule has 0 aliphatic heterocycles. The maximum Gasteiger partial charge on any atom is 0.122 e. The van der Waals surface area contributed by atoms with E-state index in [0.29, 0.717) is 6.04 Å². The van der Waals surface area contributed by atoms with Gasteiger partial charge >= 0.3 is 0 Å². The van der Waals surface area contributed by atoms with E-state index in [2.05, 4.69) is 11.4 Å². The summed E-state index contributed by atoms with van der Waals surface area (Å²) < 4.78 is 5.56. The van der Waals surface area contributed by atoms with Gasteiger partial charge in [0.05, 0.1) is 6.61 Å². The van der Waals surface area contributed by atoms with Crippen molar-refractivity contribution in [1.82, 2.24) is 5.32 Å². The Morgan fingerprint density at radius 2 is 2.35 bits per heavy atom. The van der Waals surface area contributed by atoms with Gasteiger partial charge in [-0.2, -0.15) is 0 Å². The SMILES string of the molecule is CNC1CCc2c(OCC(O)CO)cccc21. The highest BCUT2D eigenvalue weighted by molar-refractivity contribution is 5.45. The molecule has 0 amide bonds. The first kappa shape index (κ1) is 12.4. The van der Waals surface area contributed by atoms with Crippen molar-refractivity contribution in [3.05, 3.63) is 29.3 Å². The molecule has 4 nitrogen and oxygen atoms in total. The van der Waals surface area contributed by atoms with Crippen molar-refractivity contribution >= 4 is 0 Å². The Labute approximate surface area is 101 Å². The summed E-state index contributed by atoms with van der Waals surface area (Å²) in [5, 5.41) is 21.3. The summed E-state index contributed by atoms with van der Waals surface area (Å²) in [6.45, 7) is -0.134. The fourth-order valence-electron chi connectivity index (χ4n) is 2.29. The fourth-order valence-corrected chi connectivity index (χ4v) is 2.29. The first-order valence-corrected chi connectivity index (χ1v) is 5.97. The number of hydrogen-bond acceptors (Lipinski definition) is 4. The number of hydrogen-bond donors (Lipinski definition) is 3. The predicted octanol–water partition coefficient (Wildman–Crippen LogP) is 0.625. The molecule has 0 spiro atoms. The van der Waals surface area contributed by atoms with E-state index in [9.17, 15) is 5.11 Å². The highest BCUT2D eigenvalue weighted by atomic mass is 16.5. The van der Waals surface area contributed by atoms with Crippen LogP contribution in [0.3, 0.4) is 0 Å². The predicted molar refractivity (Wildman–Crippen MR) is 65.2 cm³/mol. The van der Waals surface area contributed by atoms with E-state index in [1.807, 2.05) is 19.2 Å². The highest BCUT2D eigenvalue weighted by Gasteiger charge is 2.23. The quantitative estimate of drug-likeness (QED) is 0.703. The van der Waals surface area contributed by atoms with Crippen LogP contribution in [0.25, 0.3) is 0 Å². The summed E-state index contributed by atoms with van der Waals surface area (Å²) in [7, 11) is 1.96. The maximum absolute atomic E-state index is 9.28. The van der Waals surface area contributed by atoms with Crippen molar-refractivity contribution in [3.8, 4) is 5.75 Å². The second-order valence-corrected chi connectivity index (χ2v) is 4.35. The summed E-state index contributed by atoms with van der Waals surface area (Å²) in [6, 6.07) is 6.39. The number of nitrogens with one attached hydrogen (secondary N) is 1. The third-order valence-corrected chi connectivity index (χ3v) is 3.22. The van der Waals surface area contributed by atoms with E-state index >= 15 is 0 Å².